The van der Waals surface area contributed by atoms with Crippen molar-refractivity contribution in [1.29, 1.82) is 0 Å². The molecule has 0 aromatic heterocycles. The lowest BCUT2D eigenvalue weighted by molar-refractivity contribution is -0.160. The van der Waals surface area contributed by atoms with Crippen LogP contribution in [0.2, 0.25) is 0 Å². The van der Waals surface area contributed by atoms with Gasteiger partial charge in [0, 0.05) is 22.8 Å². The number of nitrogens with zero attached hydrogens (tertiary/aromatic N) is 1. The zero-order chi connectivity index (χ0) is 28.3. The van der Waals surface area contributed by atoms with Crippen LogP contribution in [0.4, 0.5) is 14.5 Å². The highest BCUT2D eigenvalue weighted by atomic mass is 32.2. The fourth-order valence-corrected chi connectivity index (χ4v) is 6.07. The summed E-state index contributed by atoms with van der Waals surface area (Å²) in [5, 5.41) is 10.3. The minimum absolute atomic E-state index is 0.0511. The van der Waals surface area contributed by atoms with Crippen LogP contribution in [-0.2, 0) is 26.1 Å². The van der Waals surface area contributed by atoms with Gasteiger partial charge in [0.2, 0.25) is 10.0 Å². The number of carboxylic acid groups (broad SMARTS) is 1. The van der Waals surface area contributed by atoms with Crippen molar-refractivity contribution in [2.24, 2.45) is 0 Å². The predicted molar refractivity (Wildman–Crippen MR) is 144 cm³/mol. The summed E-state index contributed by atoms with van der Waals surface area (Å²) in [5.74, 6) is -2.88. The summed E-state index contributed by atoms with van der Waals surface area (Å²) in [5.41, 5.74) is 3.28. The molecule has 0 amide bonds. The van der Waals surface area contributed by atoms with Crippen molar-refractivity contribution in [2.45, 2.75) is 59.8 Å². The lowest BCUT2D eigenvalue weighted by Crippen LogP contribution is -2.35. The van der Waals surface area contributed by atoms with E-state index in [0.717, 1.165) is 22.2 Å². The normalized spacial score (nSPS) is 14.2. The molecule has 1 atom stereocenters. The van der Waals surface area contributed by atoms with Crippen LogP contribution in [0.25, 0.3) is 22.3 Å². The molecule has 0 saturated heterocycles. The summed E-state index contributed by atoms with van der Waals surface area (Å²) in [6.45, 7) is 10.1. The van der Waals surface area contributed by atoms with Crippen LogP contribution in [0, 0.1) is 32.4 Å². The van der Waals surface area contributed by atoms with Gasteiger partial charge in [0.05, 0.1) is 24.1 Å². The van der Waals surface area contributed by atoms with Crippen LogP contribution in [0.1, 0.15) is 54.7 Å². The number of halogens is 2. The molecule has 0 aliphatic carbocycles. The highest BCUT2D eigenvalue weighted by Crippen LogP contribution is 2.52. The Morgan fingerprint density at radius 3 is 2.16 bits per heavy atom. The maximum atomic E-state index is 15.0. The second-order valence-electron chi connectivity index (χ2n) is 10.8. The molecule has 3 aromatic rings. The van der Waals surface area contributed by atoms with Gasteiger partial charge in [0.25, 0.3) is 0 Å². The van der Waals surface area contributed by atoms with E-state index in [1.165, 1.54) is 6.07 Å². The Bertz CT molecular complexity index is 1560. The summed E-state index contributed by atoms with van der Waals surface area (Å²) in [4.78, 5) is 12.7. The molecule has 0 spiro atoms. The third-order valence-electron chi connectivity index (χ3n) is 6.69. The molecule has 0 saturated carbocycles. The topological polar surface area (TPSA) is 83.9 Å². The molecule has 0 fully saturated rings. The van der Waals surface area contributed by atoms with Crippen molar-refractivity contribution in [3.63, 3.8) is 0 Å². The van der Waals surface area contributed by atoms with Gasteiger partial charge >= 0.3 is 5.97 Å². The Balaban J connectivity index is 2.24. The Labute approximate surface area is 221 Å². The van der Waals surface area contributed by atoms with Crippen LogP contribution in [0.15, 0.2) is 36.4 Å². The molecule has 202 valence electrons. The third-order valence-corrected chi connectivity index (χ3v) is 7.81. The fourth-order valence-electron chi connectivity index (χ4n) is 5.15. The number of carboxylic acids is 1. The van der Waals surface area contributed by atoms with Gasteiger partial charge in [-0.15, -0.1) is 0 Å². The van der Waals surface area contributed by atoms with E-state index >= 15 is 4.39 Å². The summed E-state index contributed by atoms with van der Waals surface area (Å²) < 4.78 is 62.7. The number of sulfonamides is 1. The monoisotopic (exact) mass is 543 g/mol. The molecular weight excluding hydrogens is 512 g/mol. The van der Waals surface area contributed by atoms with Crippen molar-refractivity contribution in [1.82, 2.24) is 0 Å². The zero-order valence-corrected chi connectivity index (χ0v) is 23.3. The lowest BCUT2D eigenvalue weighted by atomic mass is 9.80. The number of benzene rings is 3. The van der Waals surface area contributed by atoms with Crippen molar-refractivity contribution in [2.75, 3.05) is 10.6 Å². The average Bonchev–Trinajstić information content (AvgIpc) is 2.78. The van der Waals surface area contributed by atoms with Gasteiger partial charge in [0.15, 0.2) is 6.10 Å². The smallest absolute Gasteiger partial charge is 0.337 e. The maximum Gasteiger partial charge on any atom is 0.337 e. The van der Waals surface area contributed by atoms with Crippen LogP contribution in [0.5, 0.6) is 0 Å². The molecule has 0 unspecified atom stereocenters. The molecule has 0 radical (unpaired) electrons. The molecule has 1 aliphatic rings. The number of hydrogen-bond donors (Lipinski definition) is 1. The minimum Gasteiger partial charge on any atom is -0.479 e. The van der Waals surface area contributed by atoms with E-state index in [-0.39, 0.29) is 23.4 Å². The first-order chi connectivity index (χ1) is 17.5. The third kappa shape index (κ3) is 4.92. The minimum atomic E-state index is -3.94. The molecule has 9 heteroatoms. The van der Waals surface area contributed by atoms with Gasteiger partial charge in [-0.3, -0.25) is 4.31 Å². The van der Waals surface area contributed by atoms with Gasteiger partial charge < -0.3 is 9.84 Å². The molecule has 1 aliphatic heterocycles. The van der Waals surface area contributed by atoms with E-state index in [1.54, 1.807) is 34.6 Å². The molecule has 38 heavy (non-hydrogen) atoms. The number of carbonyl (C=O) groups is 1. The largest absolute Gasteiger partial charge is 0.479 e. The molecule has 3 aromatic carbocycles. The van der Waals surface area contributed by atoms with Gasteiger partial charge in [-0.2, -0.15) is 0 Å². The Kier molecular flexibility index (Phi) is 6.91. The van der Waals surface area contributed by atoms with Crippen LogP contribution < -0.4 is 4.31 Å². The molecule has 1 heterocycles. The van der Waals surface area contributed by atoms with Gasteiger partial charge in [-0.25, -0.2) is 22.0 Å². The lowest BCUT2D eigenvalue weighted by Gasteiger charge is -2.37. The zero-order valence-electron chi connectivity index (χ0n) is 22.4. The number of fused-ring (bicyclic) bond motifs is 3. The highest BCUT2D eigenvalue weighted by Gasteiger charge is 2.39. The first-order valence-corrected chi connectivity index (χ1v) is 14.0. The van der Waals surface area contributed by atoms with Crippen LogP contribution >= 0.6 is 0 Å². The fraction of sp³-hybridized carbons (Fsp3) is 0.345. The summed E-state index contributed by atoms with van der Waals surface area (Å²) in [7, 11) is -3.94. The summed E-state index contributed by atoms with van der Waals surface area (Å²) in [6.07, 6.45) is -0.436. The molecule has 6 nitrogen and oxygen atoms in total. The van der Waals surface area contributed by atoms with E-state index < -0.39 is 39.3 Å². The number of ether oxygens (including phenoxy) is 1. The quantitative estimate of drug-likeness (QED) is 0.400. The number of rotatable bonds is 5. The van der Waals surface area contributed by atoms with Crippen molar-refractivity contribution in [3.05, 3.63) is 75.8 Å². The van der Waals surface area contributed by atoms with Crippen molar-refractivity contribution < 1.29 is 31.8 Å². The van der Waals surface area contributed by atoms with Gasteiger partial charge in [-0.1, -0.05) is 29.8 Å². The first-order valence-electron chi connectivity index (χ1n) is 12.1. The SMILES string of the molecule is Cc1ccc(-c2c(C)c3c(c(C)c2[C@H](OC(C)(C)C)C(=O)O)N(S(C)(=O)=O)Cc2c(F)cc(F)cc2-3)cc1. The summed E-state index contributed by atoms with van der Waals surface area (Å²) >= 11 is 0. The van der Waals surface area contributed by atoms with Gasteiger partial charge in [0.1, 0.15) is 11.6 Å². The molecule has 4 rings (SSSR count). The molecule has 0 bridgehead atoms. The second kappa shape index (κ2) is 9.47. The average molecular weight is 544 g/mol. The van der Waals surface area contributed by atoms with E-state index in [9.17, 15) is 22.7 Å². The van der Waals surface area contributed by atoms with E-state index in [0.29, 0.717) is 33.4 Å². The number of hydrogen-bond acceptors (Lipinski definition) is 4. The number of anilines is 1. The Morgan fingerprint density at radius 1 is 1.03 bits per heavy atom. The molecule has 1 N–H and O–H groups in total. The second-order valence-corrected chi connectivity index (χ2v) is 12.7. The van der Waals surface area contributed by atoms with Crippen molar-refractivity contribution >= 4 is 21.7 Å². The maximum absolute atomic E-state index is 15.0. The van der Waals surface area contributed by atoms with Gasteiger partial charge in [-0.05, 0) is 75.4 Å². The highest BCUT2D eigenvalue weighted by molar-refractivity contribution is 7.92. The van der Waals surface area contributed by atoms with Crippen LogP contribution in [0.3, 0.4) is 0 Å². The van der Waals surface area contributed by atoms with E-state index in [4.69, 9.17) is 4.74 Å². The standard InChI is InChI=1S/C29H31F2NO5S/c1-15-8-10-18(11-9-15)23-16(2)24-20-12-19(30)13-22(31)21(20)14-32(38(7,35)36)26(24)17(3)25(23)27(28(33)34)37-29(4,5)6/h8-13,27H,14H2,1-7H3,(H,33,34)/t27-/m0/s1. The predicted octanol–water partition coefficient (Wildman–Crippen LogP) is 6.44. The van der Waals surface area contributed by atoms with E-state index in [1.807, 2.05) is 31.2 Å². The Morgan fingerprint density at radius 2 is 1.63 bits per heavy atom. The first kappa shape index (κ1) is 27.7. The number of aliphatic carboxylic acids is 1. The van der Waals surface area contributed by atoms with E-state index in [2.05, 4.69) is 0 Å². The molecular formula is C29H31F2NO5S. The summed E-state index contributed by atoms with van der Waals surface area (Å²) in [6, 6.07) is 9.37. The Hall–Kier alpha value is -3.30. The number of aryl methyl sites for hydroxylation is 1. The van der Waals surface area contributed by atoms with Crippen molar-refractivity contribution in [3.8, 4) is 22.3 Å². The van der Waals surface area contributed by atoms with Crippen LogP contribution in [-0.4, -0.2) is 31.4 Å².